The fourth-order valence-electron chi connectivity index (χ4n) is 2.59. The van der Waals surface area contributed by atoms with Crippen molar-refractivity contribution in [3.63, 3.8) is 0 Å². The highest BCUT2D eigenvalue weighted by Gasteiger charge is 2.30. The zero-order valence-electron chi connectivity index (χ0n) is 13.7. The van der Waals surface area contributed by atoms with E-state index in [0.717, 1.165) is 16.7 Å². The third kappa shape index (κ3) is 3.47. The Morgan fingerprint density at radius 2 is 1.77 bits per heavy atom. The van der Waals surface area contributed by atoms with E-state index in [1.807, 2.05) is 39.8 Å². The van der Waals surface area contributed by atoms with Crippen molar-refractivity contribution < 1.29 is 14.3 Å². The molecule has 0 saturated carbocycles. The summed E-state index contributed by atoms with van der Waals surface area (Å²) in [6.07, 6.45) is 0.599. The summed E-state index contributed by atoms with van der Waals surface area (Å²) < 4.78 is 6.07. The lowest BCUT2D eigenvalue weighted by Crippen LogP contribution is -2.38. The predicted molar refractivity (Wildman–Crippen MR) is 84.5 cm³/mol. The number of amides is 2. The third-order valence-corrected chi connectivity index (χ3v) is 3.85. The average molecular weight is 304 g/mol. The Bertz CT molecular complexity index is 592. The van der Waals surface area contributed by atoms with Gasteiger partial charge in [0, 0.05) is 24.9 Å². The van der Waals surface area contributed by atoms with Gasteiger partial charge in [-0.25, -0.2) is 0 Å². The Balaban J connectivity index is 2.37. The Labute approximate surface area is 131 Å². The molecule has 2 N–H and O–H groups in total. The van der Waals surface area contributed by atoms with Gasteiger partial charge < -0.3 is 10.5 Å². The molecule has 2 rings (SSSR count). The Hall–Kier alpha value is -1.88. The largest absolute Gasteiger partial charge is 0.486 e. The Morgan fingerprint density at radius 1 is 1.18 bits per heavy atom. The summed E-state index contributed by atoms with van der Waals surface area (Å²) in [6.45, 7) is 8.43. The van der Waals surface area contributed by atoms with Crippen LogP contribution >= 0.6 is 0 Å². The minimum Gasteiger partial charge on any atom is -0.486 e. The van der Waals surface area contributed by atoms with E-state index in [2.05, 4.69) is 0 Å². The van der Waals surface area contributed by atoms with Gasteiger partial charge in [-0.15, -0.1) is 0 Å². The second-order valence-electron chi connectivity index (χ2n) is 6.51. The summed E-state index contributed by atoms with van der Waals surface area (Å²) in [5.41, 5.74) is 8.15. The predicted octanol–water partition coefficient (Wildman–Crippen LogP) is 2.07. The molecule has 1 saturated heterocycles. The van der Waals surface area contributed by atoms with Crippen LogP contribution in [0.1, 0.15) is 43.4 Å². The first kappa shape index (κ1) is 16.5. The lowest BCUT2D eigenvalue weighted by molar-refractivity contribution is -0.139. The van der Waals surface area contributed by atoms with Crippen LogP contribution in [0.3, 0.4) is 0 Å². The third-order valence-electron chi connectivity index (χ3n) is 3.85. The van der Waals surface area contributed by atoms with E-state index < -0.39 is 5.60 Å². The molecule has 1 aliphatic heterocycles. The molecule has 120 valence electrons. The highest BCUT2D eigenvalue weighted by molar-refractivity contribution is 6.01. The first-order valence-electron chi connectivity index (χ1n) is 7.56. The Morgan fingerprint density at radius 3 is 2.32 bits per heavy atom. The number of benzene rings is 1. The molecule has 0 unspecified atom stereocenters. The molecular weight excluding hydrogens is 280 g/mol. The maximum atomic E-state index is 11.9. The monoisotopic (exact) mass is 304 g/mol. The molecule has 0 aliphatic carbocycles. The molecule has 2 amide bonds. The molecule has 5 heteroatoms. The summed E-state index contributed by atoms with van der Waals surface area (Å²) in [6, 6.07) is 3.99. The van der Waals surface area contributed by atoms with Crippen molar-refractivity contribution in [3.05, 3.63) is 28.8 Å². The van der Waals surface area contributed by atoms with E-state index in [1.165, 1.54) is 4.90 Å². The molecule has 0 atom stereocenters. The van der Waals surface area contributed by atoms with E-state index in [9.17, 15) is 9.59 Å². The van der Waals surface area contributed by atoms with Crippen LogP contribution in [0, 0.1) is 13.8 Å². The second-order valence-corrected chi connectivity index (χ2v) is 6.51. The van der Waals surface area contributed by atoms with Crippen LogP contribution in [0.25, 0.3) is 0 Å². The zero-order chi connectivity index (χ0) is 16.5. The summed E-state index contributed by atoms with van der Waals surface area (Å²) in [4.78, 5) is 25.0. The number of nitrogens with zero attached hydrogens (tertiary/aromatic N) is 1. The number of nitrogens with two attached hydrogens (primary N) is 1. The number of rotatable bonds is 5. The number of likely N-dealkylation sites (tertiary alicyclic amines) is 1. The number of aryl methyl sites for hydroxylation is 2. The van der Waals surface area contributed by atoms with Gasteiger partial charge in [-0.05, 0) is 33.3 Å². The number of hydrogen-bond acceptors (Lipinski definition) is 4. The summed E-state index contributed by atoms with van der Waals surface area (Å²) in [7, 11) is 0. The van der Waals surface area contributed by atoms with Gasteiger partial charge in [0.1, 0.15) is 11.4 Å². The molecule has 1 aromatic rings. The fraction of sp³-hybridized carbons (Fsp3) is 0.529. The number of carbonyl (C=O) groups is 2. The number of imide groups is 1. The molecule has 0 spiro atoms. The standard InChI is InChI=1S/C17H24N2O3/c1-11-7-12(2)16(22-17(3,4)10-18)13(8-11)9-19-14(20)5-6-15(19)21/h7-8H,5-6,9-10,18H2,1-4H3. The highest BCUT2D eigenvalue weighted by Crippen LogP contribution is 2.31. The van der Waals surface area contributed by atoms with Gasteiger partial charge in [-0.2, -0.15) is 0 Å². The molecule has 22 heavy (non-hydrogen) atoms. The van der Waals surface area contributed by atoms with Crippen LogP contribution in [0.2, 0.25) is 0 Å². The normalized spacial score (nSPS) is 15.6. The molecule has 1 heterocycles. The minimum absolute atomic E-state index is 0.117. The van der Waals surface area contributed by atoms with Gasteiger partial charge in [0.05, 0.1) is 6.54 Å². The van der Waals surface area contributed by atoms with Crippen LogP contribution in [0.5, 0.6) is 5.75 Å². The van der Waals surface area contributed by atoms with Crippen molar-refractivity contribution in [2.75, 3.05) is 6.54 Å². The maximum absolute atomic E-state index is 11.9. The van der Waals surface area contributed by atoms with Gasteiger partial charge in [-0.1, -0.05) is 17.7 Å². The zero-order valence-corrected chi connectivity index (χ0v) is 13.7. The van der Waals surface area contributed by atoms with Gasteiger partial charge >= 0.3 is 0 Å². The lowest BCUT2D eigenvalue weighted by atomic mass is 10.0. The number of carbonyl (C=O) groups excluding carboxylic acids is 2. The van der Waals surface area contributed by atoms with Gasteiger partial charge in [0.25, 0.3) is 0 Å². The molecular formula is C17H24N2O3. The van der Waals surface area contributed by atoms with E-state index in [0.29, 0.717) is 25.1 Å². The fourth-order valence-corrected chi connectivity index (χ4v) is 2.59. The number of hydrogen-bond donors (Lipinski definition) is 1. The van der Waals surface area contributed by atoms with Crippen molar-refractivity contribution in [1.29, 1.82) is 0 Å². The van der Waals surface area contributed by atoms with Crippen LogP contribution in [-0.2, 0) is 16.1 Å². The second kappa shape index (κ2) is 6.08. The summed E-state index contributed by atoms with van der Waals surface area (Å²) in [5.74, 6) is 0.481. The smallest absolute Gasteiger partial charge is 0.230 e. The topological polar surface area (TPSA) is 72.6 Å². The SMILES string of the molecule is Cc1cc(C)c(OC(C)(C)CN)c(CN2C(=O)CCC2=O)c1. The van der Waals surface area contributed by atoms with E-state index in [4.69, 9.17) is 10.5 Å². The van der Waals surface area contributed by atoms with Gasteiger partial charge in [0.15, 0.2) is 0 Å². The van der Waals surface area contributed by atoms with E-state index in [-0.39, 0.29) is 18.4 Å². The van der Waals surface area contributed by atoms with Crippen LogP contribution in [0.4, 0.5) is 0 Å². The van der Waals surface area contributed by atoms with E-state index >= 15 is 0 Å². The van der Waals surface area contributed by atoms with E-state index in [1.54, 1.807) is 0 Å². The lowest BCUT2D eigenvalue weighted by Gasteiger charge is -2.28. The molecule has 0 aromatic heterocycles. The first-order valence-corrected chi connectivity index (χ1v) is 7.56. The van der Waals surface area contributed by atoms with Crippen molar-refractivity contribution in [2.24, 2.45) is 5.73 Å². The van der Waals surface area contributed by atoms with Crippen molar-refractivity contribution in [2.45, 2.75) is 52.7 Å². The van der Waals surface area contributed by atoms with Crippen molar-refractivity contribution in [3.8, 4) is 5.75 Å². The minimum atomic E-state index is -0.506. The van der Waals surface area contributed by atoms with Crippen LogP contribution < -0.4 is 10.5 Å². The average Bonchev–Trinajstić information content (AvgIpc) is 2.74. The number of ether oxygens (including phenoxy) is 1. The highest BCUT2D eigenvalue weighted by atomic mass is 16.5. The molecule has 1 aromatic carbocycles. The molecule has 0 radical (unpaired) electrons. The van der Waals surface area contributed by atoms with Crippen molar-refractivity contribution >= 4 is 11.8 Å². The molecule has 5 nitrogen and oxygen atoms in total. The molecule has 1 fully saturated rings. The van der Waals surface area contributed by atoms with Gasteiger partial charge in [0.2, 0.25) is 11.8 Å². The van der Waals surface area contributed by atoms with Crippen molar-refractivity contribution in [1.82, 2.24) is 4.90 Å². The molecule has 0 bridgehead atoms. The first-order chi connectivity index (χ1) is 10.2. The van der Waals surface area contributed by atoms with Crippen LogP contribution in [-0.4, -0.2) is 28.9 Å². The summed E-state index contributed by atoms with van der Waals surface area (Å²) in [5, 5.41) is 0. The Kier molecular flexibility index (Phi) is 4.56. The summed E-state index contributed by atoms with van der Waals surface area (Å²) >= 11 is 0. The molecule has 1 aliphatic rings. The maximum Gasteiger partial charge on any atom is 0.230 e. The van der Waals surface area contributed by atoms with Gasteiger partial charge in [-0.3, -0.25) is 14.5 Å². The quantitative estimate of drug-likeness (QED) is 0.845. The van der Waals surface area contributed by atoms with Crippen LogP contribution in [0.15, 0.2) is 12.1 Å².